The third-order valence-corrected chi connectivity index (χ3v) is 5.67. The molecule has 0 saturated heterocycles. The predicted octanol–water partition coefficient (Wildman–Crippen LogP) is 2.94. The molecular weight excluding hydrogens is 356 g/mol. The zero-order valence-electron chi connectivity index (χ0n) is 13.1. The molecule has 0 bridgehead atoms. The van der Waals surface area contributed by atoms with Crippen molar-refractivity contribution in [2.45, 2.75) is 18.0 Å². The van der Waals surface area contributed by atoms with Gasteiger partial charge in [-0.2, -0.15) is 5.26 Å². The van der Waals surface area contributed by atoms with Crippen molar-refractivity contribution in [2.24, 2.45) is 0 Å². The van der Waals surface area contributed by atoms with Crippen LogP contribution in [0.3, 0.4) is 0 Å². The number of thiazole rings is 1. The van der Waals surface area contributed by atoms with Gasteiger partial charge >= 0.3 is 0 Å². The first kappa shape index (κ1) is 15.8. The summed E-state index contributed by atoms with van der Waals surface area (Å²) in [6.45, 7) is 1.85. The van der Waals surface area contributed by atoms with Crippen molar-refractivity contribution in [1.82, 2.24) is 24.6 Å². The maximum atomic E-state index is 12.5. The Hall–Kier alpha value is -2.70. The van der Waals surface area contributed by atoms with Crippen molar-refractivity contribution in [3.8, 4) is 6.07 Å². The van der Waals surface area contributed by atoms with Crippen LogP contribution in [0.15, 0.2) is 34.8 Å². The number of rotatable bonds is 5. The molecule has 0 spiro atoms. The third kappa shape index (κ3) is 2.79. The summed E-state index contributed by atoms with van der Waals surface area (Å²) in [5.41, 5.74) is 2.60. The fourth-order valence-electron chi connectivity index (χ4n) is 2.53. The number of thioether (sulfide) groups is 1. The molecule has 0 fully saturated rings. The molecule has 4 rings (SSSR count). The van der Waals surface area contributed by atoms with Crippen LogP contribution in [0.2, 0.25) is 0 Å². The Labute approximate surface area is 150 Å². The minimum atomic E-state index is -0.833. The lowest BCUT2D eigenvalue weighted by Gasteiger charge is -2.04. The second-order valence-corrected chi connectivity index (χ2v) is 7.24. The van der Waals surface area contributed by atoms with Gasteiger partial charge in [-0.3, -0.25) is 9.20 Å². The van der Waals surface area contributed by atoms with Gasteiger partial charge in [0.1, 0.15) is 5.01 Å². The summed E-state index contributed by atoms with van der Waals surface area (Å²) in [6.07, 6.45) is 0. The molecule has 1 N–H and O–H groups in total. The van der Waals surface area contributed by atoms with E-state index in [1.54, 1.807) is 0 Å². The summed E-state index contributed by atoms with van der Waals surface area (Å²) >= 11 is 2.63. The quantitative estimate of drug-likeness (QED) is 0.544. The SMILES string of the molecule is Cc1csc([C@H](C#N)C(=O)CSc2n[nH]c3nc4ccccc4n23)n1. The highest BCUT2D eigenvalue weighted by Crippen LogP contribution is 2.26. The lowest BCUT2D eigenvalue weighted by molar-refractivity contribution is -0.116. The number of carbonyl (C=O) groups is 1. The molecule has 7 nitrogen and oxygen atoms in total. The van der Waals surface area contributed by atoms with E-state index in [4.69, 9.17) is 0 Å². The van der Waals surface area contributed by atoms with Crippen molar-refractivity contribution in [2.75, 3.05) is 5.75 Å². The molecule has 9 heteroatoms. The molecule has 25 heavy (non-hydrogen) atoms. The van der Waals surface area contributed by atoms with Gasteiger partial charge in [-0.15, -0.1) is 16.4 Å². The van der Waals surface area contributed by atoms with E-state index in [-0.39, 0.29) is 11.5 Å². The number of nitrogens with one attached hydrogen (secondary N) is 1. The second kappa shape index (κ2) is 6.31. The highest BCUT2D eigenvalue weighted by Gasteiger charge is 2.24. The number of fused-ring (bicyclic) bond motifs is 3. The molecule has 0 amide bonds. The van der Waals surface area contributed by atoms with Gasteiger partial charge < -0.3 is 0 Å². The van der Waals surface area contributed by atoms with Gasteiger partial charge in [0.15, 0.2) is 16.9 Å². The molecule has 1 atom stereocenters. The van der Waals surface area contributed by atoms with E-state index in [0.29, 0.717) is 15.9 Å². The summed E-state index contributed by atoms with van der Waals surface area (Å²) in [7, 11) is 0. The Kier molecular flexibility index (Phi) is 3.99. The van der Waals surface area contributed by atoms with Gasteiger partial charge in [-0.1, -0.05) is 23.9 Å². The monoisotopic (exact) mass is 368 g/mol. The molecule has 0 radical (unpaired) electrons. The third-order valence-electron chi connectivity index (χ3n) is 3.68. The molecule has 0 aliphatic rings. The number of aromatic amines is 1. The first-order valence-electron chi connectivity index (χ1n) is 7.46. The molecule has 1 aromatic carbocycles. The largest absolute Gasteiger partial charge is 0.297 e. The van der Waals surface area contributed by atoms with Crippen LogP contribution in [0.1, 0.15) is 16.6 Å². The molecule has 0 unspecified atom stereocenters. The van der Waals surface area contributed by atoms with E-state index in [0.717, 1.165) is 16.7 Å². The molecule has 124 valence electrons. The highest BCUT2D eigenvalue weighted by atomic mass is 32.2. The van der Waals surface area contributed by atoms with Crippen LogP contribution in [0, 0.1) is 18.3 Å². The predicted molar refractivity (Wildman–Crippen MR) is 95.8 cm³/mol. The molecule has 3 aromatic heterocycles. The smallest absolute Gasteiger partial charge is 0.231 e. The summed E-state index contributed by atoms with van der Waals surface area (Å²) in [5.74, 6) is -0.241. The summed E-state index contributed by atoms with van der Waals surface area (Å²) in [4.78, 5) is 21.2. The van der Waals surface area contributed by atoms with Crippen LogP contribution in [-0.2, 0) is 4.79 Å². The number of ketones is 1. The maximum Gasteiger partial charge on any atom is 0.231 e. The van der Waals surface area contributed by atoms with Crippen LogP contribution < -0.4 is 0 Å². The number of H-pyrrole nitrogens is 1. The Morgan fingerprint density at radius 3 is 3.04 bits per heavy atom. The van der Waals surface area contributed by atoms with Gasteiger partial charge in [-0.25, -0.2) is 15.1 Å². The molecule has 0 aliphatic heterocycles. The van der Waals surface area contributed by atoms with Crippen LogP contribution in [0.5, 0.6) is 0 Å². The van der Waals surface area contributed by atoms with Crippen molar-refractivity contribution in [3.05, 3.63) is 40.3 Å². The average molecular weight is 368 g/mol. The number of hydrogen-bond donors (Lipinski definition) is 1. The lowest BCUT2D eigenvalue weighted by atomic mass is 10.1. The molecule has 0 aliphatic carbocycles. The Morgan fingerprint density at radius 1 is 1.44 bits per heavy atom. The van der Waals surface area contributed by atoms with Gasteiger partial charge in [-0.05, 0) is 19.1 Å². The van der Waals surface area contributed by atoms with Crippen molar-refractivity contribution >= 4 is 45.7 Å². The number of aryl methyl sites for hydroxylation is 1. The number of nitriles is 1. The summed E-state index contributed by atoms with van der Waals surface area (Å²) in [6, 6.07) is 9.79. The van der Waals surface area contributed by atoms with Gasteiger partial charge in [0.05, 0.1) is 22.9 Å². The number of aromatic nitrogens is 5. The first-order valence-corrected chi connectivity index (χ1v) is 9.32. The van der Waals surface area contributed by atoms with E-state index in [1.165, 1.54) is 23.1 Å². The van der Waals surface area contributed by atoms with Crippen LogP contribution >= 0.6 is 23.1 Å². The number of carbonyl (C=O) groups excluding carboxylic acids is 1. The number of hydrogen-bond acceptors (Lipinski definition) is 7. The van der Waals surface area contributed by atoms with E-state index in [9.17, 15) is 10.1 Å². The minimum Gasteiger partial charge on any atom is -0.297 e. The van der Waals surface area contributed by atoms with Gasteiger partial charge in [0.2, 0.25) is 5.78 Å². The molecule has 0 saturated carbocycles. The Balaban J connectivity index is 1.58. The number of Topliss-reactive ketones (excluding diaryl/α,β-unsaturated/α-hetero) is 1. The fraction of sp³-hybridized carbons (Fsp3) is 0.188. The zero-order chi connectivity index (χ0) is 17.4. The highest BCUT2D eigenvalue weighted by molar-refractivity contribution is 7.99. The van der Waals surface area contributed by atoms with Crippen molar-refractivity contribution in [3.63, 3.8) is 0 Å². The van der Waals surface area contributed by atoms with Crippen LogP contribution in [0.4, 0.5) is 0 Å². The van der Waals surface area contributed by atoms with E-state index in [2.05, 4.69) is 26.2 Å². The lowest BCUT2D eigenvalue weighted by Crippen LogP contribution is -2.13. The zero-order valence-corrected chi connectivity index (χ0v) is 14.8. The number of para-hydroxylation sites is 2. The molecular formula is C16H12N6OS2. The van der Waals surface area contributed by atoms with Gasteiger partial charge in [0.25, 0.3) is 0 Å². The normalized spacial score (nSPS) is 12.5. The molecule has 3 heterocycles. The first-order chi connectivity index (χ1) is 12.2. The summed E-state index contributed by atoms with van der Waals surface area (Å²) < 4.78 is 1.88. The van der Waals surface area contributed by atoms with E-state index >= 15 is 0 Å². The fourth-order valence-corrected chi connectivity index (χ4v) is 4.25. The molecule has 4 aromatic rings. The van der Waals surface area contributed by atoms with Crippen molar-refractivity contribution in [1.29, 1.82) is 5.26 Å². The van der Waals surface area contributed by atoms with Crippen LogP contribution in [-0.4, -0.2) is 36.1 Å². The number of imidazole rings is 1. The second-order valence-electron chi connectivity index (χ2n) is 5.41. The van der Waals surface area contributed by atoms with E-state index in [1.807, 2.05) is 41.0 Å². The minimum absolute atomic E-state index is 0.142. The van der Waals surface area contributed by atoms with E-state index < -0.39 is 5.92 Å². The van der Waals surface area contributed by atoms with Crippen LogP contribution in [0.25, 0.3) is 16.8 Å². The Bertz CT molecular complexity index is 1120. The number of nitrogens with zero attached hydrogens (tertiary/aromatic N) is 5. The summed E-state index contributed by atoms with van der Waals surface area (Å²) in [5, 5.41) is 19.5. The van der Waals surface area contributed by atoms with Crippen molar-refractivity contribution < 1.29 is 4.79 Å². The Morgan fingerprint density at radius 2 is 2.28 bits per heavy atom. The topological polar surface area (TPSA) is 99.7 Å². The standard InChI is InChI=1S/C16H12N6OS2/c1-9-7-24-14(18-9)10(6-17)13(23)8-25-16-21-20-15-19-11-4-2-3-5-12(11)22(15)16/h2-5,7,10H,8H2,1H3,(H,19,20)/t10-/m1/s1. The number of benzene rings is 1. The average Bonchev–Trinajstić information content (AvgIpc) is 3.29. The maximum absolute atomic E-state index is 12.5. The van der Waals surface area contributed by atoms with Gasteiger partial charge in [0, 0.05) is 11.1 Å².